The van der Waals surface area contributed by atoms with Gasteiger partial charge in [-0.2, -0.15) is 8.42 Å². The van der Waals surface area contributed by atoms with Gasteiger partial charge in [-0.15, -0.1) is 0 Å². The molecule has 0 aliphatic heterocycles. The molecule has 0 aromatic heterocycles. The van der Waals surface area contributed by atoms with Crippen molar-refractivity contribution in [2.75, 3.05) is 13.2 Å². The van der Waals surface area contributed by atoms with Crippen molar-refractivity contribution in [2.45, 2.75) is 64.0 Å². The molecule has 1 aromatic carbocycles. The van der Waals surface area contributed by atoms with Crippen LogP contribution in [0.1, 0.15) is 79.5 Å². The van der Waals surface area contributed by atoms with Crippen molar-refractivity contribution < 1.29 is 32.0 Å². The Hall–Kier alpha value is -1.93. The largest absolute Gasteiger partial charge is 0.462 e. The summed E-state index contributed by atoms with van der Waals surface area (Å²) < 4.78 is 41.2. The van der Waals surface area contributed by atoms with E-state index in [2.05, 4.69) is 6.92 Å². The van der Waals surface area contributed by atoms with Gasteiger partial charge in [0.05, 0.1) is 29.6 Å². The molecule has 0 heterocycles. The van der Waals surface area contributed by atoms with Gasteiger partial charge in [-0.05, 0) is 25.5 Å². The second-order valence-corrected chi connectivity index (χ2v) is 8.53. The number of hydrogen-bond donors (Lipinski definition) is 1. The van der Waals surface area contributed by atoms with Crippen LogP contribution in [0.5, 0.6) is 0 Å². The lowest BCUT2D eigenvalue weighted by Gasteiger charge is -2.11. The van der Waals surface area contributed by atoms with E-state index in [9.17, 15) is 18.0 Å². The molecule has 158 valence electrons. The summed E-state index contributed by atoms with van der Waals surface area (Å²) in [5.41, 5.74) is 0.177. The van der Waals surface area contributed by atoms with Gasteiger partial charge < -0.3 is 9.47 Å². The molecule has 1 aromatic rings. The normalized spacial score (nSPS) is 12.4. The fourth-order valence-corrected chi connectivity index (χ4v) is 2.90. The van der Waals surface area contributed by atoms with Gasteiger partial charge in [-0.3, -0.25) is 4.55 Å². The molecular weight excluding hydrogens is 384 g/mol. The van der Waals surface area contributed by atoms with Crippen LogP contribution in [-0.4, -0.2) is 43.4 Å². The summed E-state index contributed by atoms with van der Waals surface area (Å²) in [6.07, 6.45) is 6.38. The first-order valence-electron chi connectivity index (χ1n) is 9.67. The Morgan fingerprint density at radius 3 is 1.96 bits per heavy atom. The lowest BCUT2D eigenvalue weighted by molar-refractivity contribution is 0.0451. The lowest BCUT2D eigenvalue weighted by Crippen LogP contribution is -2.20. The third-order valence-electron chi connectivity index (χ3n) is 4.36. The Morgan fingerprint density at radius 2 is 1.43 bits per heavy atom. The number of ether oxygens (including phenoxy) is 2. The van der Waals surface area contributed by atoms with Gasteiger partial charge in [0.1, 0.15) is 0 Å². The van der Waals surface area contributed by atoms with Crippen LogP contribution in [0.2, 0.25) is 0 Å². The van der Waals surface area contributed by atoms with Crippen LogP contribution in [0.4, 0.5) is 0 Å². The Morgan fingerprint density at radius 1 is 0.929 bits per heavy atom. The van der Waals surface area contributed by atoms with Crippen LogP contribution in [-0.2, 0) is 19.6 Å². The number of esters is 2. The highest BCUT2D eigenvalue weighted by molar-refractivity contribution is 7.86. The number of rotatable bonds is 13. The van der Waals surface area contributed by atoms with Crippen molar-refractivity contribution in [1.82, 2.24) is 0 Å². The molecule has 0 aliphatic rings. The molecule has 1 N–H and O–H groups in total. The maximum absolute atomic E-state index is 12.3. The summed E-state index contributed by atoms with van der Waals surface area (Å²) in [5, 5.41) is -1.04. The summed E-state index contributed by atoms with van der Waals surface area (Å²) in [7, 11) is -4.17. The third kappa shape index (κ3) is 8.84. The third-order valence-corrected chi connectivity index (χ3v) is 5.62. The highest BCUT2D eigenvalue weighted by Crippen LogP contribution is 2.14. The van der Waals surface area contributed by atoms with Crippen LogP contribution >= 0.6 is 0 Å². The second kappa shape index (κ2) is 12.5. The summed E-state index contributed by atoms with van der Waals surface area (Å²) in [6.45, 7) is 3.57. The molecule has 0 saturated heterocycles. The highest BCUT2D eigenvalue weighted by atomic mass is 32.2. The van der Waals surface area contributed by atoms with E-state index in [0.29, 0.717) is 6.61 Å². The first-order chi connectivity index (χ1) is 13.3. The zero-order valence-corrected chi connectivity index (χ0v) is 17.4. The van der Waals surface area contributed by atoms with Crippen molar-refractivity contribution >= 4 is 22.1 Å². The molecule has 0 aliphatic carbocycles. The quantitative estimate of drug-likeness (QED) is 0.295. The topological polar surface area (TPSA) is 107 Å². The van der Waals surface area contributed by atoms with Gasteiger partial charge in [-0.25, -0.2) is 9.59 Å². The molecule has 28 heavy (non-hydrogen) atoms. The Balaban J connectivity index is 2.52. The van der Waals surface area contributed by atoms with Crippen LogP contribution in [0, 0.1) is 0 Å². The second-order valence-electron chi connectivity index (χ2n) is 6.70. The average Bonchev–Trinajstić information content (AvgIpc) is 2.66. The molecule has 1 unspecified atom stereocenters. The van der Waals surface area contributed by atoms with Gasteiger partial charge in [-0.1, -0.05) is 51.2 Å². The van der Waals surface area contributed by atoms with E-state index in [1.807, 2.05) is 0 Å². The molecule has 0 bridgehead atoms. The van der Waals surface area contributed by atoms with Gasteiger partial charge in [0, 0.05) is 6.42 Å². The highest BCUT2D eigenvalue weighted by Gasteiger charge is 2.21. The van der Waals surface area contributed by atoms with Crippen molar-refractivity contribution in [1.29, 1.82) is 0 Å². The van der Waals surface area contributed by atoms with Crippen molar-refractivity contribution in [3.63, 3.8) is 0 Å². The summed E-state index contributed by atoms with van der Waals surface area (Å²) in [6, 6.07) is 6.16. The first kappa shape index (κ1) is 24.1. The van der Waals surface area contributed by atoms with Gasteiger partial charge in [0.25, 0.3) is 10.1 Å². The smallest absolute Gasteiger partial charge is 0.339 e. The predicted octanol–water partition coefficient (Wildman–Crippen LogP) is 4.03. The minimum atomic E-state index is -4.17. The monoisotopic (exact) mass is 414 g/mol. The van der Waals surface area contributed by atoms with E-state index in [1.165, 1.54) is 38.3 Å². The first-order valence-corrected chi connectivity index (χ1v) is 11.2. The Kier molecular flexibility index (Phi) is 10.8. The van der Waals surface area contributed by atoms with E-state index in [1.54, 1.807) is 12.1 Å². The molecule has 1 rings (SSSR count). The fraction of sp³-hybridized carbons (Fsp3) is 0.600. The van der Waals surface area contributed by atoms with Crippen molar-refractivity contribution in [3.8, 4) is 0 Å². The van der Waals surface area contributed by atoms with Gasteiger partial charge >= 0.3 is 11.9 Å². The van der Waals surface area contributed by atoms with Crippen LogP contribution in [0.25, 0.3) is 0 Å². The molecule has 0 fully saturated rings. The predicted molar refractivity (Wildman–Crippen MR) is 106 cm³/mol. The lowest BCUT2D eigenvalue weighted by atomic mass is 10.1. The average molecular weight is 415 g/mol. The van der Waals surface area contributed by atoms with E-state index < -0.39 is 27.3 Å². The van der Waals surface area contributed by atoms with E-state index in [-0.39, 0.29) is 24.2 Å². The van der Waals surface area contributed by atoms with Crippen LogP contribution < -0.4 is 0 Å². The van der Waals surface area contributed by atoms with E-state index in [4.69, 9.17) is 14.0 Å². The molecule has 7 nitrogen and oxygen atoms in total. The maximum atomic E-state index is 12.3. The minimum absolute atomic E-state index is 0.0464. The zero-order valence-electron chi connectivity index (χ0n) is 16.6. The minimum Gasteiger partial charge on any atom is -0.462 e. The summed E-state index contributed by atoms with van der Waals surface area (Å²) in [4.78, 5) is 24.5. The zero-order chi connectivity index (χ0) is 21.0. The molecule has 0 amide bonds. The van der Waals surface area contributed by atoms with Crippen LogP contribution in [0.3, 0.4) is 0 Å². The van der Waals surface area contributed by atoms with E-state index >= 15 is 0 Å². The summed E-state index contributed by atoms with van der Waals surface area (Å²) in [5.74, 6) is -1.33. The summed E-state index contributed by atoms with van der Waals surface area (Å²) >= 11 is 0. The van der Waals surface area contributed by atoms with Crippen molar-refractivity contribution in [2.24, 2.45) is 0 Å². The Labute approximate surface area is 167 Å². The molecule has 0 saturated carbocycles. The number of hydrogen-bond acceptors (Lipinski definition) is 6. The standard InChI is InChI=1S/C20H30O7S/c1-3-4-5-6-7-10-14-26-19(21)17-11-8-9-12-18(17)20(22)27-15-13-16(2)28(23,24)25/h8-9,11-12,16H,3-7,10,13-15H2,1-2H3,(H,23,24,25). The van der Waals surface area contributed by atoms with Gasteiger partial charge in [0.15, 0.2) is 0 Å². The van der Waals surface area contributed by atoms with Crippen molar-refractivity contribution in [3.05, 3.63) is 35.4 Å². The molecule has 0 radical (unpaired) electrons. The number of unbranched alkanes of at least 4 members (excludes halogenated alkanes) is 5. The number of benzene rings is 1. The van der Waals surface area contributed by atoms with Crippen LogP contribution in [0.15, 0.2) is 24.3 Å². The fourth-order valence-electron chi connectivity index (χ4n) is 2.51. The van der Waals surface area contributed by atoms with E-state index in [0.717, 1.165) is 19.3 Å². The van der Waals surface area contributed by atoms with Gasteiger partial charge in [0.2, 0.25) is 0 Å². The molecule has 8 heteroatoms. The molecular formula is C20H30O7S. The molecule has 0 spiro atoms. The number of carbonyl (C=O) groups is 2. The number of carbonyl (C=O) groups excluding carboxylic acids is 2. The molecule has 1 atom stereocenters. The Bertz CT molecular complexity index is 728. The maximum Gasteiger partial charge on any atom is 0.339 e. The SMILES string of the molecule is CCCCCCCCOC(=O)c1ccccc1C(=O)OCCC(C)S(=O)(=O)O.